The number of benzene rings is 2. The number of hydrogen-bond acceptors (Lipinski definition) is 6. The molecule has 0 atom stereocenters. The minimum Gasteiger partial charge on any atom is -0.478 e. The number of anilines is 1. The zero-order chi connectivity index (χ0) is 21.3. The smallest absolute Gasteiger partial charge is 0.344 e. The summed E-state index contributed by atoms with van der Waals surface area (Å²) in [4.78, 5) is 30.5. The van der Waals surface area contributed by atoms with Crippen molar-refractivity contribution in [1.29, 1.82) is 0 Å². The van der Waals surface area contributed by atoms with Crippen molar-refractivity contribution in [2.75, 3.05) is 18.0 Å². The Kier molecular flexibility index (Phi) is 5.27. The molecule has 0 saturated carbocycles. The highest BCUT2D eigenvalue weighted by molar-refractivity contribution is 6.21. The summed E-state index contributed by atoms with van der Waals surface area (Å²) >= 11 is 0. The van der Waals surface area contributed by atoms with E-state index in [1.54, 1.807) is 12.1 Å². The number of nitrogens with zero attached hydrogens (tertiary/aromatic N) is 2. The third-order valence-corrected chi connectivity index (χ3v) is 5.28. The van der Waals surface area contributed by atoms with Crippen molar-refractivity contribution in [3.05, 3.63) is 64.2 Å². The van der Waals surface area contributed by atoms with Crippen LogP contribution in [0.4, 0.5) is 11.4 Å². The van der Waals surface area contributed by atoms with E-state index in [0.717, 1.165) is 35.5 Å². The van der Waals surface area contributed by atoms with Gasteiger partial charge in [-0.15, -0.1) is 0 Å². The maximum atomic E-state index is 12.6. The van der Waals surface area contributed by atoms with Gasteiger partial charge < -0.3 is 19.5 Å². The van der Waals surface area contributed by atoms with Gasteiger partial charge >= 0.3 is 11.9 Å². The maximum Gasteiger partial charge on any atom is 0.344 e. The molecule has 2 aromatic rings. The number of carboxylic acid groups (broad SMARTS) is 1. The van der Waals surface area contributed by atoms with E-state index in [9.17, 15) is 14.7 Å². The molecule has 2 aromatic carbocycles. The van der Waals surface area contributed by atoms with Crippen LogP contribution in [0.15, 0.2) is 47.0 Å². The normalized spacial score (nSPS) is 14.9. The Morgan fingerprint density at radius 2 is 1.83 bits per heavy atom. The monoisotopic (exact) mass is 406 g/mol. The number of fused-ring (bicyclic) bond motifs is 2. The number of aliphatic imine (C=N–C) groups is 1. The second-order valence-corrected chi connectivity index (χ2v) is 7.04. The summed E-state index contributed by atoms with van der Waals surface area (Å²) in [7, 11) is 0. The Labute approximate surface area is 174 Å². The summed E-state index contributed by atoms with van der Waals surface area (Å²) in [5.74, 6) is -1.42. The summed E-state index contributed by atoms with van der Waals surface area (Å²) in [6.07, 6.45) is 1.72. The quantitative estimate of drug-likeness (QED) is 0.757. The van der Waals surface area contributed by atoms with Crippen LogP contribution in [0.25, 0.3) is 6.08 Å². The van der Waals surface area contributed by atoms with Gasteiger partial charge in [-0.05, 0) is 55.3 Å². The fourth-order valence-electron chi connectivity index (χ4n) is 3.58. The maximum absolute atomic E-state index is 12.6. The Bertz CT molecular complexity index is 1080. The van der Waals surface area contributed by atoms with Crippen LogP contribution in [-0.4, -0.2) is 36.0 Å². The highest BCUT2D eigenvalue weighted by Gasteiger charge is 2.27. The van der Waals surface area contributed by atoms with Crippen molar-refractivity contribution in [2.24, 2.45) is 4.99 Å². The molecule has 0 unspecified atom stereocenters. The van der Waals surface area contributed by atoms with Crippen LogP contribution < -0.4 is 4.90 Å². The van der Waals surface area contributed by atoms with Gasteiger partial charge in [-0.25, -0.2) is 14.6 Å². The second-order valence-electron chi connectivity index (χ2n) is 7.04. The molecule has 0 saturated heterocycles. The molecule has 0 bridgehead atoms. The molecule has 0 amide bonds. The van der Waals surface area contributed by atoms with Gasteiger partial charge in [0.05, 0.1) is 11.3 Å². The SMILES string of the molecule is CCN(CC)c1ccc2c(c1)COC(=O)C(C1=Nc3cc(C(=O)O)ccc3CO1)=C2. The fraction of sp³-hybridized carbons (Fsp3) is 0.261. The van der Waals surface area contributed by atoms with Crippen LogP contribution in [0.5, 0.6) is 0 Å². The predicted octanol–water partition coefficient (Wildman–Crippen LogP) is 3.93. The number of rotatable bonds is 5. The largest absolute Gasteiger partial charge is 0.478 e. The Morgan fingerprint density at radius 3 is 2.57 bits per heavy atom. The lowest BCUT2D eigenvalue weighted by molar-refractivity contribution is -0.139. The summed E-state index contributed by atoms with van der Waals surface area (Å²) < 4.78 is 11.2. The van der Waals surface area contributed by atoms with E-state index < -0.39 is 11.9 Å². The molecule has 0 radical (unpaired) electrons. The number of esters is 1. The van der Waals surface area contributed by atoms with Gasteiger partial charge in [0.15, 0.2) is 0 Å². The first kappa shape index (κ1) is 19.7. The van der Waals surface area contributed by atoms with Crippen LogP contribution in [0, 0.1) is 0 Å². The minimum atomic E-state index is -1.04. The van der Waals surface area contributed by atoms with Crippen LogP contribution in [0.2, 0.25) is 0 Å². The molecule has 2 heterocycles. The average molecular weight is 406 g/mol. The first-order valence-corrected chi connectivity index (χ1v) is 9.85. The first-order chi connectivity index (χ1) is 14.5. The van der Waals surface area contributed by atoms with E-state index in [4.69, 9.17) is 9.47 Å². The zero-order valence-electron chi connectivity index (χ0n) is 16.8. The number of carbonyl (C=O) groups is 2. The van der Waals surface area contributed by atoms with E-state index in [2.05, 4.69) is 23.7 Å². The van der Waals surface area contributed by atoms with Gasteiger partial charge in [-0.1, -0.05) is 12.1 Å². The summed E-state index contributed by atoms with van der Waals surface area (Å²) in [6.45, 7) is 6.33. The molecular weight excluding hydrogens is 384 g/mol. The first-order valence-electron chi connectivity index (χ1n) is 9.85. The van der Waals surface area contributed by atoms with Gasteiger partial charge in [-0.3, -0.25) is 0 Å². The van der Waals surface area contributed by atoms with Gasteiger partial charge in [0, 0.05) is 24.3 Å². The third kappa shape index (κ3) is 3.66. The Balaban J connectivity index is 1.73. The van der Waals surface area contributed by atoms with Crippen molar-refractivity contribution in [3.8, 4) is 0 Å². The molecule has 0 aromatic heterocycles. The lowest BCUT2D eigenvalue weighted by Gasteiger charge is -2.22. The third-order valence-electron chi connectivity index (χ3n) is 5.28. The van der Waals surface area contributed by atoms with Crippen molar-refractivity contribution in [2.45, 2.75) is 27.1 Å². The van der Waals surface area contributed by atoms with Gasteiger partial charge in [0.1, 0.15) is 18.8 Å². The van der Waals surface area contributed by atoms with E-state index in [1.165, 1.54) is 12.1 Å². The van der Waals surface area contributed by atoms with Crippen LogP contribution >= 0.6 is 0 Å². The highest BCUT2D eigenvalue weighted by Crippen LogP contribution is 2.31. The number of hydrogen-bond donors (Lipinski definition) is 1. The lowest BCUT2D eigenvalue weighted by atomic mass is 10.0. The summed E-state index contributed by atoms with van der Waals surface area (Å²) in [5, 5.41) is 9.22. The van der Waals surface area contributed by atoms with Gasteiger partial charge in [0.2, 0.25) is 5.90 Å². The predicted molar refractivity (Wildman–Crippen MR) is 113 cm³/mol. The van der Waals surface area contributed by atoms with Crippen molar-refractivity contribution >= 4 is 35.3 Å². The van der Waals surface area contributed by atoms with Crippen molar-refractivity contribution in [3.63, 3.8) is 0 Å². The highest BCUT2D eigenvalue weighted by atomic mass is 16.5. The molecule has 1 N–H and O–H groups in total. The Morgan fingerprint density at radius 1 is 1.07 bits per heavy atom. The average Bonchev–Trinajstić information content (AvgIpc) is 2.92. The van der Waals surface area contributed by atoms with E-state index in [0.29, 0.717) is 5.69 Å². The van der Waals surface area contributed by atoms with Crippen molar-refractivity contribution in [1.82, 2.24) is 0 Å². The van der Waals surface area contributed by atoms with Gasteiger partial charge in [0.25, 0.3) is 0 Å². The molecule has 7 nitrogen and oxygen atoms in total. The molecule has 154 valence electrons. The minimum absolute atomic E-state index is 0.130. The summed E-state index contributed by atoms with van der Waals surface area (Å²) in [6, 6.07) is 10.7. The number of aromatic carboxylic acids is 1. The van der Waals surface area contributed by atoms with E-state index >= 15 is 0 Å². The zero-order valence-corrected chi connectivity index (χ0v) is 16.8. The second kappa shape index (κ2) is 8.02. The van der Waals surface area contributed by atoms with Gasteiger partial charge in [-0.2, -0.15) is 0 Å². The topological polar surface area (TPSA) is 88.4 Å². The molecule has 0 aliphatic carbocycles. The molecule has 2 aliphatic rings. The van der Waals surface area contributed by atoms with E-state index in [-0.39, 0.29) is 30.2 Å². The number of carbonyl (C=O) groups excluding carboxylic acids is 1. The number of carboxylic acids is 1. The molecule has 4 rings (SSSR count). The lowest BCUT2D eigenvalue weighted by Crippen LogP contribution is -2.21. The molecule has 2 aliphatic heterocycles. The van der Waals surface area contributed by atoms with Crippen molar-refractivity contribution < 1.29 is 24.2 Å². The molecule has 0 fully saturated rings. The molecule has 7 heteroatoms. The standard InChI is InChI=1S/C23H22N2O5/c1-3-25(4-2)18-8-7-14-10-19(23(28)30-13-17(14)9-18)21-24-20-11-15(22(26)27)5-6-16(20)12-29-21/h5-11H,3-4,12-13H2,1-2H3,(H,26,27). The van der Waals surface area contributed by atoms with Crippen LogP contribution in [-0.2, 0) is 27.5 Å². The number of cyclic esters (lactones) is 1. The van der Waals surface area contributed by atoms with Crippen LogP contribution in [0.3, 0.4) is 0 Å². The molecular formula is C23H22N2O5. The fourth-order valence-corrected chi connectivity index (χ4v) is 3.58. The van der Waals surface area contributed by atoms with Crippen LogP contribution in [0.1, 0.15) is 40.9 Å². The number of ether oxygens (including phenoxy) is 2. The summed E-state index contributed by atoms with van der Waals surface area (Å²) in [5.41, 5.74) is 4.44. The molecule has 0 spiro atoms. The Hall–Kier alpha value is -3.61. The van der Waals surface area contributed by atoms with E-state index in [1.807, 2.05) is 18.2 Å². The molecule has 30 heavy (non-hydrogen) atoms.